The lowest BCUT2D eigenvalue weighted by atomic mass is 9.93. The van der Waals surface area contributed by atoms with Crippen molar-refractivity contribution < 1.29 is 9.53 Å². The van der Waals surface area contributed by atoms with Gasteiger partial charge in [-0.3, -0.25) is 0 Å². The molecule has 1 rings (SSSR count). The van der Waals surface area contributed by atoms with E-state index < -0.39 is 0 Å². The van der Waals surface area contributed by atoms with Gasteiger partial charge in [0, 0.05) is 23.8 Å². The van der Waals surface area contributed by atoms with Gasteiger partial charge in [0.05, 0.1) is 6.61 Å². The Kier molecular flexibility index (Phi) is 6.57. The summed E-state index contributed by atoms with van der Waals surface area (Å²) in [5.74, 6) is 0.538. The molecule has 0 bridgehead atoms. The Morgan fingerprint density at radius 3 is 2.35 bits per heavy atom. The Morgan fingerprint density at radius 1 is 1.20 bits per heavy atom. The molecule has 2 nitrogen and oxygen atoms in total. The maximum Gasteiger partial charge on any atom is 0.333 e. The molecule has 0 atom stereocenters. The molecular formula is C16H20Cl2O2. The van der Waals surface area contributed by atoms with E-state index in [0.29, 0.717) is 30.4 Å². The van der Waals surface area contributed by atoms with E-state index in [2.05, 4.69) is 19.6 Å². The van der Waals surface area contributed by atoms with Crippen LogP contribution in [-0.2, 0) is 27.7 Å². The predicted molar refractivity (Wildman–Crippen MR) is 84.5 cm³/mol. The fourth-order valence-electron chi connectivity index (χ4n) is 2.06. The highest BCUT2D eigenvalue weighted by atomic mass is 35.5. The normalized spacial score (nSPS) is 10.4. The Morgan fingerprint density at radius 2 is 1.85 bits per heavy atom. The van der Waals surface area contributed by atoms with Crippen molar-refractivity contribution in [2.24, 2.45) is 0 Å². The fraction of sp³-hybridized carbons (Fsp3) is 0.438. The zero-order valence-corrected chi connectivity index (χ0v) is 13.7. The summed E-state index contributed by atoms with van der Waals surface area (Å²) >= 11 is 12.0. The molecule has 1 aromatic carbocycles. The van der Waals surface area contributed by atoms with E-state index in [-0.39, 0.29) is 5.97 Å². The number of hydrogen-bond acceptors (Lipinski definition) is 2. The van der Waals surface area contributed by atoms with Crippen LogP contribution in [0.15, 0.2) is 18.2 Å². The minimum absolute atomic E-state index is 0.341. The summed E-state index contributed by atoms with van der Waals surface area (Å²) in [5.41, 5.74) is 6.05. The number of hydrogen-bond donors (Lipinski definition) is 0. The van der Waals surface area contributed by atoms with E-state index in [1.165, 1.54) is 11.1 Å². The van der Waals surface area contributed by atoms with Gasteiger partial charge in [-0.15, -0.1) is 23.2 Å². The second-order valence-corrected chi connectivity index (χ2v) is 5.39. The van der Waals surface area contributed by atoms with Gasteiger partial charge >= 0.3 is 5.97 Å². The molecule has 20 heavy (non-hydrogen) atoms. The number of esters is 1. The SMILES string of the molecule is C=C(C)C(=O)OCCc1cc(CCl)c(CCl)c(C)c1C. The van der Waals surface area contributed by atoms with Crippen LogP contribution >= 0.6 is 23.2 Å². The minimum atomic E-state index is -0.352. The van der Waals surface area contributed by atoms with Gasteiger partial charge in [0.25, 0.3) is 0 Å². The summed E-state index contributed by atoms with van der Waals surface area (Å²) in [6.07, 6.45) is 0.665. The zero-order chi connectivity index (χ0) is 15.3. The van der Waals surface area contributed by atoms with Crippen LogP contribution in [0.5, 0.6) is 0 Å². The predicted octanol–water partition coefficient (Wildman–Crippen LogP) is 4.44. The molecule has 0 N–H and O–H groups in total. The topological polar surface area (TPSA) is 26.3 Å². The second kappa shape index (κ2) is 7.70. The van der Waals surface area contributed by atoms with E-state index in [4.69, 9.17) is 27.9 Å². The summed E-state index contributed by atoms with van der Waals surface area (Å²) in [7, 11) is 0. The fourth-order valence-corrected chi connectivity index (χ4v) is 2.67. The third-order valence-electron chi connectivity index (χ3n) is 3.46. The quantitative estimate of drug-likeness (QED) is 0.441. The van der Waals surface area contributed by atoms with E-state index in [0.717, 1.165) is 16.7 Å². The smallest absolute Gasteiger partial charge is 0.333 e. The van der Waals surface area contributed by atoms with Crippen LogP contribution in [0.25, 0.3) is 0 Å². The van der Waals surface area contributed by atoms with Crippen LogP contribution in [0.2, 0.25) is 0 Å². The third kappa shape index (κ3) is 4.00. The second-order valence-electron chi connectivity index (χ2n) is 4.86. The molecule has 0 aliphatic rings. The summed E-state index contributed by atoms with van der Waals surface area (Å²) < 4.78 is 5.13. The van der Waals surface area contributed by atoms with Crippen LogP contribution in [0.1, 0.15) is 34.7 Å². The highest BCUT2D eigenvalue weighted by Gasteiger charge is 2.12. The van der Waals surface area contributed by atoms with E-state index >= 15 is 0 Å². The maximum absolute atomic E-state index is 11.3. The van der Waals surface area contributed by atoms with E-state index in [9.17, 15) is 4.79 Å². The number of halogens is 2. The molecular weight excluding hydrogens is 295 g/mol. The molecule has 0 heterocycles. The lowest BCUT2D eigenvalue weighted by Gasteiger charge is -2.16. The van der Waals surface area contributed by atoms with E-state index in [1.807, 2.05) is 6.92 Å². The number of alkyl halides is 2. The van der Waals surface area contributed by atoms with Crippen molar-refractivity contribution in [1.82, 2.24) is 0 Å². The number of carbonyl (C=O) groups is 1. The molecule has 0 aromatic heterocycles. The summed E-state index contributed by atoms with van der Waals surface area (Å²) in [6, 6.07) is 2.06. The van der Waals surface area contributed by atoms with Gasteiger partial charge in [0.1, 0.15) is 0 Å². The maximum atomic E-state index is 11.3. The van der Waals surface area contributed by atoms with Crippen molar-refractivity contribution in [2.75, 3.05) is 6.61 Å². The summed E-state index contributed by atoms with van der Waals surface area (Å²) in [6.45, 7) is 9.64. The summed E-state index contributed by atoms with van der Waals surface area (Å²) in [5, 5.41) is 0. The van der Waals surface area contributed by atoms with E-state index in [1.54, 1.807) is 6.92 Å². The number of ether oxygens (including phenoxy) is 1. The van der Waals surface area contributed by atoms with Crippen LogP contribution in [0, 0.1) is 13.8 Å². The molecule has 0 saturated heterocycles. The molecule has 0 aliphatic heterocycles. The van der Waals surface area contributed by atoms with Crippen molar-refractivity contribution in [2.45, 2.75) is 39.0 Å². The molecule has 0 radical (unpaired) electrons. The molecule has 0 aliphatic carbocycles. The number of benzene rings is 1. The van der Waals surface area contributed by atoms with Gasteiger partial charge in [0.15, 0.2) is 0 Å². The number of rotatable bonds is 6. The first kappa shape index (κ1) is 17.1. The highest BCUT2D eigenvalue weighted by molar-refractivity contribution is 6.18. The molecule has 4 heteroatoms. The lowest BCUT2D eigenvalue weighted by Crippen LogP contribution is -2.10. The largest absolute Gasteiger partial charge is 0.462 e. The Balaban J connectivity index is 2.88. The first-order chi connectivity index (χ1) is 9.42. The molecule has 1 aromatic rings. The molecule has 0 unspecified atom stereocenters. The molecule has 0 spiro atoms. The van der Waals surface area contributed by atoms with Crippen LogP contribution in [0.3, 0.4) is 0 Å². The lowest BCUT2D eigenvalue weighted by molar-refractivity contribution is -0.138. The first-order valence-corrected chi connectivity index (χ1v) is 7.54. The van der Waals surface area contributed by atoms with Crippen LogP contribution in [-0.4, -0.2) is 12.6 Å². The van der Waals surface area contributed by atoms with Crippen molar-refractivity contribution in [1.29, 1.82) is 0 Å². The number of carbonyl (C=O) groups excluding carboxylic acids is 1. The summed E-state index contributed by atoms with van der Waals surface area (Å²) in [4.78, 5) is 11.3. The Hall–Kier alpha value is -0.990. The highest BCUT2D eigenvalue weighted by Crippen LogP contribution is 2.25. The van der Waals surface area contributed by atoms with Gasteiger partial charge in [-0.1, -0.05) is 12.6 Å². The third-order valence-corrected chi connectivity index (χ3v) is 4.02. The van der Waals surface area contributed by atoms with Crippen molar-refractivity contribution in [3.05, 3.63) is 46.0 Å². The van der Waals surface area contributed by atoms with Crippen molar-refractivity contribution in [3.63, 3.8) is 0 Å². The van der Waals surface area contributed by atoms with Gasteiger partial charge < -0.3 is 4.74 Å². The van der Waals surface area contributed by atoms with Gasteiger partial charge in [-0.25, -0.2) is 4.79 Å². The molecule has 110 valence electrons. The monoisotopic (exact) mass is 314 g/mol. The van der Waals surface area contributed by atoms with Gasteiger partial charge in [-0.2, -0.15) is 0 Å². The van der Waals surface area contributed by atoms with Crippen molar-refractivity contribution in [3.8, 4) is 0 Å². The van der Waals surface area contributed by atoms with Gasteiger partial charge in [0.2, 0.25) is 0 Å². The average molecular weight is 315 g/mol. The molecule has 0 saturated carbocycles. The molecule has 0 amide bonds. The standard InChI is InChI=1S/C16H20Cl2O2/c1-10(2)16(19)20-6-5-13-7-14(8-17)15(9-18)12(4)11(13)3/h7H,1,5-6,8-9H2,2-4H3. The van der Waals surface area contributed by atoms with Crippen molar-refractivity contribution >= 4 is 29.2 Å². The minimum Gasteiger partial charge on any atom is -0.462 e. The average Bonchev–Trinajstić information content (AvgIpc) is 2.42. The Labute approximate surface area is 130 Å². The molecule has 0 fully saturated rings. The Bertz CT molecular complexity index is 522. The first-order valence-electron chi connectivity index (χ1n) is 6.47. The zero-order valence-electron chi connectivity index (χ0n) is 12.2. The van der Waals surface area contributed by atoms with Gasteiger partial charge in [-0.05, 0) is 48.6 Å². The van der Waals surface area contributed by atoms with Crippen LogP contribution < -0.4 is 0 Å². The van der Waals surface area contributed by atoms with Crippen LogP contribution in [0.4, 0.5) is 0 Å².